The number of anilines is 1. The van der Waals surface area contributed by atoms with Gasteiger partial charge in [-0.25, -0.2) is 8.42 Å². The van der Waals surface area contributed by atoms with E-state index in [2.05, 4.69) is 9.80 Å². The van der Waals surface area contributed by atoms with E-state index < -0.39 is 15.6 Å². The van der Waals surface area contributed by atoms with Crippen LogP contribution in [-0.2, 0) is 25.2 Å². The van der Waals surface area contributed by atoms with Crippen LogP contribution in [-0.4, -0.2) is 86.0 Å². The van der Waals surface area contributed by atoms with Crippen LogP contribution in [0, 0.1) is 0 Å². The molecule has 0 radical (unpaired) electrons. The fourth-order valence-corrected chi connectivity index (χ4v) is 8.09. The number of benzene rings is 1. The first-order chi connectivity index (χ1) is 16.6. The standard InChI is InChI=1S/C25H33N3O5S2/c1-25(2,30)18-5-7-19(8-6-18)27-10-9-26(35(31,32)24-4-3-11-34-24)14-22(27)15-28-20-12-23(29)13-21(28)17-33-16-20/h3-8,11,20-22,30H,9-10,12-17H2,1-2H3/t20-,21+,22-/m1/s1. The SMILES string of the molecule is CC(C)(O)c1ccc(N2CCN(S(=O)(=O)c3cccs3)C[C@@H]2CN2[C@@H]3COC[C@H]2CC(=O)C3)cc1. The number of ketones is 1. The third-order valence-corrected chi connectivity index (χ3v) is 10.6. The normalized spacial score (nSPS) is 26.8. The Bertz CT molecular complexity index is 1130. The Kier molecular flexibility index (Phi) is 6.80. The van der Waals surface area contributed by atoms with E-state index in [-0.39, 0.29) is 23.9 Å². The number of ether oxygens (including phenoxy) is 1. The summed E-state index contributed by atoms with van der Waals surface area (Å²) in [6.07, 6.45) is 0.974. The first-order valence-electron chi connectivity index (χ1n) is 12.1. The average molecular weight is 520 g/mol. The number of rotatable bonds is 6. The van der Waals surface area contributed by atoms with Crippen LogP contribution in [0.2, 0.25) is 0 Å². The molecule has 8 nitrogen and oxygen atoms in total. The number of carbonyl (C=O) groups excluding carboxylic acids is 1. The molecule has 1 N–H and O–H groups in total. The fourth-order valence-electron chi connectivity index (χ4n) is 5.47. The monoisotopic (exact) mass is 519 g/mol. The van der Waals surface area contributed by atoms with E-state index in [4.69, 9.17) is 4.74 Å². The lowest BCUT2D eigenvalue weighted by atomic mass is 9.92. The van der Waals surface area contributed by atoms with Crippen LogP contribution in [0.5, 0.6) is 0 Å². The zero-order valence-corrected chi connectivity index (χ0v) is 21.8. The number of sulfonamides is 1. The quantitative estimate of drug-likeness (QED) is 0.626. The molecule has 1 aromatic carbocycles. The molecular formula is C25H33N3O5S2. The zero-order valence-electron chi connectivity index (χ0n) is 20.2. The van der Waals surface area contributed by atoms with Gasteiger partial charge in [-0.1, -0.05) is 18.2 Å². The zero-order chi connectivity index (χ0) is 24.8. The third kappa shape index (κ3) is 5.05. The van der Waals surface area contributed by atoms with Gasteiger partial charge in [-0.3, -0.25) is 9.69 Å². The molecule has 2 aromatic rings. The number of Topliss-reactive ketones (excluding diaryl/α,β-unsaturated/α-hetero) is 1. The van der Waals surface area contributed by atoms with Gasteiger partial charge in [0.1, 0.15) is 9.99 Å². The Balaban J connectivity index is 1.43. The molecule has 5 rings (SSSR count). The van der Waals surface area contributed by atoms with Gasteiger partial charge in [0, 0.05) is 56.8 Å². The van der Waals surface area contributed by atoms with Gasteiger partial charge in [0.2, 0.25) is 0 Å². The molecule has 3 fully saturated rings. The molecule has 3 aliphatic heterocycles. The number of thiophene rings is 1. The number of carbonyl (C=O) groups is 1. The fraction of sp³-hybridized carbons (Fsp3) is 0.560. The van der Waals surface area contributed by atoms with Crippen LogP contribution < -0.4 is 4.90 Å². The van der Waals surface area contributed by atoms with Crippen molar-refractivity contribution in [3.05, 3.63) is 47.3 Å². The maximum atomic E-state index is 13.3. The molecule has 4 heterocycles. The molecule has 3 saturated heterocycles. The highest BCUT2D eigenvalue weighted by atomic mass is 32.2. The smallest absolute Gasteiger partial charge is 0.252 e. The molecule has 0 spiro atoms. The topological polar surface area (TPSA) is 90.4 Å². The van der Waals surface area contributed by atoms with E-state index in [9.17, 15) is 18.3 Å². The van der Waals surface area contributed by atoms with Crippen molar-refractivity contribution in [3.63, 3.8) is 0 Å². The summed E-state index contributed by atoms with van der Waals surface area (Å²) >= 11 is 1.24. The highest BCUT2D eigenvalue weighted by Crippen LogP contribution is 2.31. The molecule has 0 saturated carbocycles. The first kappa shape index (κ1) is 24.9. The minimum Gasteiger partial charge on any atom is -0.386 e. The molecule has 35 heavy (non-hydrogen) atoms. The summed E-state index contributed by atoms with van der Waals surface area (Å²) in [6.45, 7) is 6.59. The summed E-state index contributed by atoms with van der Waals surface area (Å²) < 4.78 is 34.4. The molecule has 2 bridgehead atoms. The maximum absolute atomic E-state index is 13.3. The molecule has 3 atom stereocenters. The predicted octanol–water partition coefficient (Wildman–Crippen LogP) is 2.29. The van der Waals surface area contributed by atoms with Crippen LogP contribution in [0.3, 0.4) is 0 Å². The highest BCUT2D eigenvalue weighted by molar-refractivity contribution is 7.91. The largest absolute Gasteiger partial charge is 0.386 e. The van der Waals surface area contributed by atoms with Gasteiger partial charge in [0.15, 0.2) is 0 Å². The lowest BCUT2D eigenvalue weighted by Gasteiger charge is -2.50. The van der Waals surface area contributed by atoms with Crippen LogP contribution in [0.25, 0.3) is 0 Å². The van der Waals surface area contributed by atoms with Crippen LogP contribution in [0.4, 0.5) is 5.69 Å². The Hall–Kier alpha value is -1.82. The molecule has 0 amide bonds. The summed E-state index contributed by atoms with van der Waals surface area (Å²) in [5.74, 6) is 0.282. The second-order valence-corrected chi connectivity index (χ2v) is 13.3. The van der Waals surface area contributed by atoms with Crippen LogP contribution in [0.15, 0.2) is 46.0 Å². The molecule has 10 heteroatoms. The van der Waals surface area contributed by atoms with Crippen LogP contribution >= 0.6 is 11.3 Å². The summed E-state index contributed by atoms with van der Waals surface area (Å²) in [5.41, 5.74) is 0.909. The minimum atomic E-state index is -3.56. The Morgan fingerprint density at radius 2 is 1.77 bits per heavy atom. The van der Waals surface area contributed by atoms with E-state index in [1.807, 2.05) is 24.3 Å². The predicted molar refractivity (Wildman–Crippen MR) is 135 cm³/mol. The van der Waals surface area contributed by atoms with Crippen LogP contribution in [0.1, 0.15) is 32.3 Å². The number of hydrogen-bond donors (Lipinski definition) is 1. The second kappa shape index (κ2) is 9.57. The number of piperazine rings is 1. The lowest BCUT2D eigenvalue weighted by Crippen LogP contribution is -2.64. The summed E-state index contributed by atoms with van der Waals surface area (Å²) in [5, 5.41) is 12.1. The number of fused-ring (bicyclic) bond motifs is 2. The van der Waals surface area contributed by atoms with E-state index in [0.29, 0.717) is 56.4 Å². The van der Waals surface area contributed by atoms with Gasteiger partial charge in [-0.2, -0.15) is 4.31 Å². The number of piperidine rings is 1. The molecular weight excluding hydrogens is 486 g/mol. The van der Waals surface area contributed by atoms with Gasteiger partial charge in [0.25, 0.3) is 10.0 Å². The first-order valence-corrected chi connectivity index (χ1v) is 14.4. The maximum Gasteiger partial charge on any atom is 0.252 e. The average Bonchev–Trinajstić information content (AvgIpc) is 3.35. The minimum absolute atomic E-state index is 0.0405. The number of aliphatic hydroxyl groups is 1. The number of hydrogen-bond acceptors (Lipinski definition) is 8. The van der Waals surface area contributed by atoms with Gasteiger partial charge < -0.3 is 14.7 Å². The Morgan fingerprint density at radius 3 is 2.37 bits per heavy atom. The lowest BCUT2D eigenvalue weighted by molar-refractivity contribution is -0.136. The van der Waals surface area contributed by atoms with E-state index in [1.54, 1.807) is 35.7 Å². The molecule has 1 aromatic heterocycles. The van der Waals surface area contributed by atoms with Crippen molar-refractivity contribution in [2.24, 2.45) is 0 Å². The second-order valence-electron chi connectivity index (χ2n) is 10.2. The van der Waals surface area contributed by atoms with E-state index in [1.165, 1.54) is 11.3 Å². The molecule has 190 valence electrons. The third-order valence-electron chi connectivity index (χ3n) is 7.35. The van der Waals surface area contributed by atoms with Crippen molar-refractivity contribution >= 4 is 32.8 Å². The van der Waals surface area contributed by atoms with E-state index >= 15 is 0 Å². The van der Waals surface area contributed by atoms with Crippen molar-refractivity contribution in [3.8, 4) is 0 Å². The van der Waals surface area contributed by atoms with Crippen molar-refractivity contribution in [1.29, 1.82) is 0 Å². The van der Waals surface area contributed by atoms with Gasteiger partial charge in [-0.05, 0) is 43.0 Å². The van der Waals surface area contributed by atoms with Gasteiger partial charge in [0.05, 0.1) is 24.9 Å². The number of nitrogens with zero attached hydrogens (tertiary/aromatic N) is 3. The molecule has 0 aliphatic carbocycles. The Morgan fingerprint density at radius 1 is 1.09 bits per heavy atom. The van der Waals surface area contributed by atoms with E-state index in [0.717, 1.165) is 11.3 Å². The van der Waals surface area contributed by atoms with Crippen molar-refractivity contribution in [1.82, 2.24) is 9.21 Å². The number of morpholine rings is 1. The summed E-state index contributed by atoms with van der Waals surface area (Å²) in [7, 11) is -3.56. The van der Waals surface area contributed by atoms with Crippen molar-refractivity contribution < 1.29 is 23.1 Å². The van der Waals surface area contributed by atoms with Gasteiger partial charge in [-0.15, -0.1) is 11.3 Å². The van der Waals surface area contributed by atoms with Gasteiger partial charge >= 0.3 is 0 Å². The van der Waals surface area contributed by atoms with Crippen molar-refractivity contribution in [2.45, 2.75) is 54.6 Å². The summed E-state index contributed by atoms with van der Waals surface area (Å²) in [6, 6.07) is 11.3. The molecule has 3 aliphatic rings. The Labute approximate surface area is 211 Å². The highest BCUT2D eigenvalue weighted by Gasteiger charge is 2.42. The summed E-state index contributed by atoms with van der Waals surface area (Å²) in [4.78, 5) is 16.9. The van der Waals surface area contributed by atoms with Crippen molar-refractivity contribution in [2.75, 3.05) is 44.3 Å². The molecule has 0 unspecified atom stereocenters.